The lowest BCUT2D eigenvalue weighted by atomic mass is 10.3. The van der Waals surface area contributed by atoms with E-state index in [4.69, 9.17) is 0 Å². The van der Waals surface area contributed by atoms with E-state index in [1.54, 1.807) is 18.5 Å². The maximum absolute atomic E-state index is 12.0. The van der Waals surface area contributed by atoms with Gasteiger partial charge in [0.05, 0.1) is 6.10 Å². The van der Waals surface area contributed by atoms with E-state index in [0.717, 1.165) is 0 Å². The maximum atomic E-state index is 12.0. The molecule has 0 aliphatic heterocycles. The number of anilines is 1. The van der Waals surface area contributed by atoms with E-state index in [0.29, 0.717) is 23.7 Å². The number of aromatic amines is 1. The van der Waals surface area contributed by atoms with Crippen LogP contribution in [0.1, 0.15) is 26.8 Å². The molecule has 2 aromatic rings. The Kier molecular flexibility index (Phi) is 3.67. The lowest BCUT2D eigenvalue weighted by Crippen LogP contribution is -2.29. The number of aliphatic hydroxyl groups excluding tert-OH is 1. The summed E-state index contributed by atoms with van der Waals surface area (Å²) in [5, 5.41) is 12.3. The highest BCUT2D eigenvalue weighted by Crippen LogP contribution is 2.20. The molecule has 0 amide bonds. The van der Waals surface area contributed by atoms with Crippen LogP contribution in [0.5, 0.6) is 0 Å². The Morgan fingerprint density at radius 1 is 1.35 bits per heavy atom. The van der Waals surface area contributed by atoms with Crippen LogP contribution in [0, 0.1) is 0 Å². The number of rotatable bonds is 4. The van der Waals surface area contributed by atoms with Crippen molar-refractivity contribution >= 4 is 17.1 Å². The van der Waals surface area contributed by atoms with Crippen LogP contribution in [0.4, 0.5) is 5.95 Å². The molecule has 0 aliphatic carbocycles. The smallest absolute Gasteiger partial charge is 0.329 e. The molecule has 0 unspecified atom stereocenters. The normalized spacial score (nSPS) is 13.1. The standard InChI is InChI=1S/C12H19N5O3/c1-6(2)17-8-9(14-11(17)13-5-7(3)18)16(4)12(20)15-10(8)19/h6-7,18H,5H2,1-4H3,(H,13,14)(H,15,19,20)/t7-/m0/s1. The van der Waals surface area contributed by atoms with E-state index in [1.807, 2.05) is 13.8 Å². The highest BCUT2D eigenvalue weighted by molar-refractivity contribution is 5.74. The summed E-state index contributed by atoms with van der Waals surface area (Å²) in [4.78, 5) is 30.2. The van der Waals surface area contributed by atoms with Gasteiger partial charge in [-0.1, -0.05) is 0 Å². The summed E-state index contributed by atoms with van der Waals surface area (Å²) in [5.74, 6) is 0.461. The Balaban J connectivity index is 2.73. The van der Waals surface area contributed by atoms with E-state index in [-0.39, 0.29) is 6.04 Å². The van der Waals surface area contributed by atoms with Crippen molar-refractivity contribution in [3.63, 3.8) is 0 Å². The van der Waals surface area contributed by atoms with Gasteiger partial charge in [-0.2, -0.15) is 4.98 Å². The minimum absolute atomic E-state index is 0.0184. The van der Waals surface area contributed by atoms with Crippen molar-refractivity contribution in [3.05, 3.63) is 20.8 Å². The zero-order valence-corrected chi connectivity index (χ0v) is 12.0. The quantitative estimate of drug-likeness (QED) is 0.719. The fourth-order valence-electron chi connectivity index (χ4n) is 2.07. The molecule has 20 heavy (non-hydrogen) atoms. The molecule has 8 heteroatoms. The fourth-order valence-corrected chi connectivity index (χ4v) is 2.07. The summed E-state index contributed by atoms with van der Waals surface area (Å²) in [6, 6.07) is -0.0184. The van der Waals surface area contributed by atoms with Gasteiger partial charge in [0.15, 0.2) is 11.2 Å². The molecule has 0 spiro atoms. The third-order valence-corrected chi connectivity index (χ3v) is 3.02. The Labute approximate surface area is 115 Å². The summed E-state index contributed by atoms with van der Waals surface area (Å²) in [5.41, 5.74) is -0.303. The van der Waals surface area contributed by atoms with E-state index in [2.05, 4.69) is 15.3 Å². The number of nitrogens with one attached hydrogen (secondary N) is 2. The van der Waals surface area contributed by atoms with Crippen LogP contribution in [0.15, 0.2) is 9.59 Å². The van der Waals surface area contributed by atoms with E-state index in [1.165, 1.54) is 4.57 Å². The number of hydrogen-bond donors (Lipinski definition) is 3. The number of aliphatic hydroxyl groups is 1. The van der Waals surface area contributed by atoms with Crippen molar-refractivity contribution < 1.29 is 5.11 Å². The number of nitrogens with zero attached hydrogens (tertiary/aromatic N) is 3. The van der Waals surface area contributed by atoms with E-state index < -0.39 is 17.4 Å². The molecule has 0 aliphatic rings. The van der Waals surface area contributed by atoms with Gasteiger partial charge in [0.1, 0.15) is 0 Å². The molecule has 3 N–H and O–H groups in total. The Hall–Kier alpha value is -2.09. The van der Waals surface area contributed by atoms with Gasteiger partial charge < -0.3 is 15.0 Å². The minimum Gasteiger partial charge on any atom is -0.392 e. The lowest BCUT2D eigenvalue weighted by Gasteiger charge is -2.14. The average molecular weight is 281 g/mol. The van der Waals surface area contributed by atoms with Gasteiger partial charge in [0.25, 0.3) is 5.56 Å². The third kappa shape index (κ3) is 2.34. The largest absolute Gasteiger partial charge is 0.392 e. The van der Waals surface area contributed by atoms with Crippen molar-refractivity contribution in [1.29, 1.82) is 0 Å². The Morgan fingerprint density at radius 3 is 2.55 bits per heavy atom. The monoisotopic (exact) mass is 281 g/mol. The Bertz CT molecular complexity index is 738. The van der Waals surface area contributed by atoms with Crippen LogP contribution >= 0.6 is 0 Å². The summed E-state index contributed by atoms with van der Waals surface area (Å²) in [6.07, 6.45) is -0.544. The van der Waals surface area contributed by atoms with Crippen LogP contribution in [0.3, 0.4) is 0 Å². The summed E-state index contributed by atoms with van der Waals surface area (Å²) < 4.78 is 3.01. The molecule has 110 valence electrons. The van der Waals surface area contributed by atoms with Crippen LogP contribution in [-0.4, -0.2) is 36.9 Å². The van der Waals surface area contributed by atoms with Gasteiger partial charge in [-0.25, -0.2) is 4.79 Å². The molecule has 2 aromatic heterocycles. The van der Waals surface area contributed by atoms with Crippen LogP contribution in [-0.2, 0) is 7.05 Å². The molecule has 0 radical (unpaired) electrons. The topological polar surface area (TPSA) is 105 Å². The molecule has 8 nitrogen and oxygen atoms in total. The number of aromatic nitrogens is 4. The van der Waals surface area contributed by atoms with Crippen molar-refractivity contribution in [2.45, 2.75) is 32.9 Å². The minimum atomic E-state index is -0.544. The molecule has 0 fully saturated rings. The molecule has 0 bridgehead atoms. The molecular formula is C12H19N5O3. The predicted molar refractivity (Wildman–Crippen MR) is 76.2 cm³/mol. The van der Waals surface area contributed by atoms with Crippen molar-refractivity contribution in [2.24, 2.45) is 7.05 Å². The van der Waals surface area contributed by atoms with Crippen molar-refractivity contribution in [2.75, 3.05) is 11.9 Å². The molecule has 0 aromatic carbocycles. The first-order valence-corrected chi connectivity index (χ1v) is 6.46. The second-order valence-electron chi connectivity index (χ2n) is 5.12. The SMILES string of the molecule is CC(C)n1c(NC[C@H](C)O)nc2c1c(=O)[nH]c(=O)n2C. The van der Waals surface area contributed by atoms with Gasteiger partial charge in [0.2, 0.25) is 5.95 Å². The predicted octanol–water partition coefficient (Wildman–Crippen LogP) is -0.203. The lowest BCUT2D eigenvalue weighted by molar-refractivity contribution is 0.208. The van der Waals surface area contributed by atoms with Crippen LogP contribution < -0.4 is 16.6 Å². The third-order valence-electron chi connectivity index (χ3n) is 3.02. The second-order valence-corrected chi connectivity index (χ2v) is 5.12. The number of hydrogen-bond acceptors (Lipinski definition) is 5. The maximum Gasteiger partial charge on any atom is 0.329 e. The van der Waals surface area contributed by atoms with Crippen molar-refractivity contribution in [1.82, 2.24) is 19.1 Å². The molecular weight excluding hydrogens is 262 g/mol. The van der Waals surface area contributed by atoms with E-state index >= 15 is 0 Å². The van der Waals surface area contributed by atoms with Gasteiger partial charge in [0, 0.05) is 19.6 Å². The zero-order chi connectivity index (χ0) is 15.0. The van der Waals surface area contributed by atoms with Gasteiger partial charge in [-0.05, 0) is 20.8 Å². The number of aryl methyl sites for hydroxylation is 1. The highest BCUT2D eigenvalue weighted by Gasteiger charge is 2.19. The van der Waals surface area contributed by atoms with Crippen LogP contribution in [0.25, 0.3) is 11.2 Å². The molecule has 2 heterocycles. The average Bonchev–Trinajstić information content (AvgIpc) is 2.73. The van der Waals surface area contributed by atoms with Crippen LogP contribution in [0.2, 0.25) is 0 Å². The summed E-state index contributed by atoms with van der Waals surface area (Å²) in [6.45, 7) is 5.79. The van der Waals surface area contributed by atoms with Gasteiger partial charge in [-0.15, -0.1) is 0 Å². The molecule has 0 saturated carbocycles. The van der Waals surface area contributed by atoms with Gasteiger partial charge >= 0.3 is 5.69 Å². The van der Waals surface area contributed by atoms with Crippen molar-refractivity contribution in [3.8, 4) is 0 Å². The summed E-state index contributed by atoms with van der Waals surface area (Å²) >= 11 is 0. The number of H-pyrrole nitrogens is 1. The van der Waals surface area contributed by atoms with E-state index in [9.17, 15) is 14.7 Å². The molecule has 0 saturated heterocycles. The highest BCUT2D eigenvalue weighted by atomic mass is 16.3. The second kappa shape index (κ2) is 5.12. The summed E-state index contributed by atoms with van der Waals surface area (Å²) in [7, 11) is 1.55. The number of fused-ring (bicyclic) bond motifs is 1. The molecule has 2 rings (SSSR count). The molecule has 1 atom stereocenters. The first kappa shape index (κ1) is 14.3. The zero-order valence-electron chi connectivity index (χ0n) is 12.0. The Morgan fingerprint density at radius 2 is 2.00 bits per heavy atom. The first-order valence-electron chi connectivity index (χ1n) is 6.46. The fraction of sp³-hybridized carbons (Fsp3) is 0.583. The number of imidazole rings is 1. The van der Waals surface area contributed by atoms with Gasteiger partial charge in [-0.3, -0.25) is 14.3 Å². The first-order chi connectivity index (χ1) is 9.32.